The fourth-order valence-electron chi connectivity index (χ4n) is 9.34. The Balaban J connectivity index is 3.33. The van der Waals surface area contributed by atoms with Crippen molar-refractivity contribution in [3.63, 3.8) is 0 Å². The lowest BCUT2D eigenvalue weighted by molar-refractivity contribution is -0.143. The summed E-state index contributed by atoms with van der Waals surface area (Å²) < 4.78 is 5.48. The van der Waals surface area contributed by atoms with Gasteiger partial charge in [0.05, 0.1) is 25.4 Å². The van der Waals surface area contributed by atoms with Gasteiger partial charge in [-0.1, -0.05) is 282 Å². The number of carbonyl (C=O) groups is 2. The van der Waals surface area contributed by atoms with E-state index < -0.39 is 12.1 Å². The number of ether oxygens (including phenoxy) is 1. The molecule has 6 heteroatoms. The summed E-state index contributed by atoms with van der Waals surface area (Å²) in [6.07, 6.45) is 69.4. The van der Waals surface area contributed by atoms with Gasteiger partial charge >= 0.3 is 5.97 Å². The Morgan fingerprint density at radius 3 is 1.06 bits per heavy atom. The van der Waals surface area contributed by atoms with Crippen LogP contribution in [0.5, 0.6) is 0 Å². The molecule has 3 N–H and O–H groups in total. The average Bonchev–Trinajstić information content (AvgIpc) is 3.33. The molecule has 2 unspecified atom stereocenters. The molecule has 0 aliphatic heterocycles. The molecular formula is C61H117NO5. The van der Waals surface area contributed by atoms with Gasteiger partial charge < -0.3 is 20.3 Å². The number of aliphatic hydroxyl groups is 2. The number of unbranched alkanes of at least 4 members (excludes halogenated alkanes) is 43. The van der Waals surface area contributed by atoms with Gasteiger partial charge in [-0.15, -0.1) is 0 Å². The summed E-state index contributed by atoms with van der Waals surface area (Å²) in [5, 5.41) is 22.9. The van der Waals surface area contributed by atoms with Gasteiger partial charge in [0.2, 0.25) is 5.91 Å². The summed E-state index contributed by atoms with van der Waals surface area (Å²) in [5.41, 5.74) is 0. The largest absolute Gasteiger partial charge is 0.466 e. The van der Waals surface area contributed by atoms with E-state index in [1.165, 1.54) is 257 Å². The first-order chi connectivity index (χ1) is 33.0. The molecule has 6 nitrogen and oxygen atoms in total. The number of amides is 1. The SMILES string of the molecule is CCCCCCCC/C=C\CCCCCCCC(=O)OCCCCCCCCCCCCCCCCCCCCCCCCCCCCC(=O)NC(CO)C(O)/C=C/CCCCCCCCC. The van der Waals surface area contributed by atoms with Crippen LogP contribution in [0.4, 0.5) is 0 Å². The van der Waals surface area contributed by atoms with Gasteiger partial charge in [0.1, 0.15) is 0 Å². The normalized spacial score (nSPS) is 12.7. The molecule has 0 rings (SSSR count). The van der Waals surface area contributed by atoms with Crippen LogP contribution < -0.4 is 5.32 Å². The molecule has 67 heavy (non-hydrogen) atoms. The van der Waals surface area contributed by atoms with Crippen LogP contribution in [0, 0.1) is 0 Å². The zero-order valence-corrected chi connectivity index (χ0v) is 45.1. The van der Waals surface area contributed by atoms with Crippen LogP contribution in [-0.4, -0.2) is 47.4 Å². The van der Waals surface area contributed by atoms with E-state index in [0.717, 1.165) is 44.9 Å². The highest BCUT2D eigenvalue weighted by molar-refractivity contribution is 5.76. The van der Waals surface area contributed by atoms with Crippen molar-refractivity contribution in [2.45, 2.75) is 341 Å². The maximum absolute atomic E-state index is 12.4. The van der Waals surface area contributed by atoms with E-state index >= 15 is 0 Å². The van der Waals surface area contributed by atoms with Gasteiger partial charge in [0.25, 0.3) is 0 Å². The smallest absolute Gasteiger partial charge is 0.305 e. The number of carbonyl (C=O) groups excluding carboxylic acids is 2. The van der Waals surface area contributed by atoms with E-state index in [0.29, 0.717) is 19.4 Å². The first-order valence-electron chi connectivity index (χ1n) is 30.1. The zero-order valence-electron chi connectivity index (χ0n) is 45.1. The van der Waals surface area contributed by atoms with Crippen molar-refractivity contribution in [2.75, 3.05) is 13.2 Å². The summed E-state index contributed by atoms with van der Waals surface area (Å²) >= 11 is 0. The van der Waals surface area contributed by atoms with Crippen molar-refractivity contribution >= 4 is 11.9 Å². The summed E-state index contributed by atoms with van der Waals surface area (Å²) in [7, 11) is 0. The van der Waals surface area contributed by atoms with Gasteiger partial charge in [-0.3, -0.25) is 9.59 Å². The van der Waals surface area contributed by atoms with E-state index in [1.54, 1.807) is 6.08 Å². The van der Waals surface area contributed by atoms with E-state index in [-0.39, 0.29) is 18.5 Å². The molecule has 0 aliphatic rings. The number of esters is 1. The number of hydrogen-bond acceptors (Lipinski definition) is 5. The third-order valence-corrected chi connectivity index (χ3v) is 14.0. The molecule has 0 saturated heterocycles. The standard InChI is InChI=1S/C61H117NO5/c1-3-5-7-9-11-13-14-15-28-32-35-39-43-47-51-55-61(66)67-56-52-48-44-40-36-33-30-27-25-23-21-19-17-16-18-20-22-24-26-29-31-34-38-42-46-50-54-60(65)62-58(57-63)59(64)53-49-45-41-37-12-10-8-6-4-2/h15,28,49,53,58-59,63-64H,3-14,16-27,29-48,50-52,54-57H2,1-2H3,(H,62,65)/b28-15-,53-49+. The van der Waals surface area contributed by atoms with Crippen molar-refractivity contribution in [1.29, 1.82) is 0 Å². The minimum Gasteiger partial charge on any atom is -0.466 e. The van der Waals surface area contributed by atoms with E-state index in [9.17, 15) is 19.8 Å². The Bertz CT molecular complexity index is 1040. The highest BCUT2D eigenvalue weighted by Gasteiger charge is 2.18. The molecule has 0 radical (unpaired) electrons. The average molecular weight is 945 g/mol. The molecule has 0 fully saturated rings. The zero-order chi connectivity index (χ0) is 48.6. The number of hydrogen-bond donors (Lipinski definition) is 3. The Morgan fingerprint density at radius 2 is 0.701 bits per heavy atom. The minimum atomic E-state index is -0.840. The van der Waals surface area contributed by atoms with Gasteiger partial charge in [-0.05, 0) is 57.8 Å². The van der Waals surface area contributed by atoms with Gasteiger partial charge in [-0.2, -0.15) is 0 Å². The molecule has 0 spiro atoms. The van der Waals surface area contributed by atoms with Crippen LogP contribution in [0.2, 0.25) is 0 Å². The molecule has 2 atom stereocenters. The quantitative estimate of drug-likeness (QED) is 0.0321. The van der Waals surface area contributed by atoms with Crippen LogP contribution >= 0.6 is 0 Å². The molecule has 0 heterocycles. The summed E-state index contributed by atoms with van der Waals surface area (Å²) in [6, 6.07) is -0.623. The third-order valence-electron chi connectivity index (χ3n) is 14.0. The van der Waals surface area contributed by atoms with Crippen molar-refractivity contribution < 1.29 is 24.5 Å². The highest BCUT2D eigenvalue weighted by Crippen LogP contribution is 2.17. The maximum atomic E-state index is 12.4. The van der Waals surface area contributed by atoms with Gasteiger partial charge in [0.15, 0.2) is 0 Å². The first-order valence-corrected chi connectivity index (χ1v) is 30.1. The Morgan fingerprint density at radius 1 is 0.403 bits per heavy atom. The molecule has 396 valence electrons. The number of aliphatic hydroxyl groups excluding tert-OH is 2. The Labute approximate surface area is 418 Å². The van der Waals surface area contributed by atoms with Crippen LogP contribution in [0.25, 0.3) is 0 Å². The summed E-state index contributed by atoms with van der Waals surface area (Å²) in [5.74, 6) is -0.0589. The molecule has 0 aromatic heterocycles. The van der Waals surface area contributed by atoms with Gasteiger partial charge in [0, 0.05) is 12.8 Å². The second-order valence-electron chi connectivity index (χ2n) is 20.7. The van der Waals surface area contributed by atoms with E-state index in [4.69, 9.17) is 4.74 Å². The topological polar surface area (TPSA) is 95.9 Å². The Hall–Kier alpha value is -1.66. The molecule has 0 saturated carbocycles. The van der Waals surface area contributed by atoms with Crippen LogP contribution in [-0.2, 0) is 14.3 Å². The fourth-order valence-corrected chi connectivity index (χ4v) is 9.34. The summed E-state index contributed by atoms with van der Waals surface area (Å²) in [4.78, 5) is 24.4. The lowest BCUT2D eigenvalue weighted by atomic mass is 10.0. The van der Waals surface area contributed by atoms with Gasteiger partial charge in [-0.25, -0.2) is 0 Å². The first kappa shape index (κ1) is 65.3. The number of allylic oxidation sites excluding steroid dienone is 3. The number of rotatable bonds is 56. The molecule has 0 aromatic carbocycles. The summed E-state index contributed by atoms with van der Waals surface area (Å²) in [6.45, 7) is 4.88. The van der Waals surface area contributed by atoms with Crippen molar-refractivity contribution in [2.24, 2.45) is 0 Å². The second-order valence-corrected chi connectivity index (χ2v) is 20.7. The Kier molecular flexibility index (Phi) is 55.5. The predicted octanol–water partition coefficient (Wildman–Crippen LogP) is 18.6. The monoisotopic (exact) mass is 944 g/mol. The van der Waals surface area contributed by atoms with Crippen molar-refractivity contribution in [3.8, 4) is 0 Å². The second kappa shape index (κ2) is 56.9. The molecule has 0 bridgehead atoms. The molecule has 0 aliphatic carbocycles. The van der Waals surface area contributed by atoms with E-state index in [1.807, 2.05) is 6.08 Å². The fraction of sp³-hybridized carbons (Fsp3) is 0.902. The highest BCUT2D eigenvalue weighted by atomic mass is 16.5. The maximum Gasteiger partial charge on any atom is 0.305 e. The number of nitrogens with one attached hydrogen (secondary N) is 1. The molecule has 0 aromatic rings. The molecular weight excluding hydrogens is 827 g/mol. The van der Waals surface area contributed by atoms with Crippen molar-refractivity contribution in [3.05, 3.63) is 24.3 Å². The minimum absolute atomic E-state index is 0.00889. The van der Waals surface area contributed by atoms with Crippen LogP contribution in [0.15, 0.2) is 24.3 Å². The van der Waals surface area contributed by atoms with Crippen LogP contribution in [0.1, 0.15) is 328 Å². The lowest BCUT2D eigenvalue weighted by Gasteiger charge is -2.20. The molecule has 1 amide bonds. The van der Waals surface area contributed by atoms with Crippen LogP contribution in [0.3, 0.4) is 0 Å². The van der Waals surface area contributed by atoms with Crippen molar-refractivity contribution in [1.82, 2.24) is 5.32 Å². The van der Waals surface area contributed by atoms with E-state index in [2.05, 4.69) is 31.3 Å². The predicted molar refractivity (Wildman–Crippen MR) is 292 cm³/mol. The lowest BCUT2D eigenvalue weighted by Crippen LogP contribution is -2.45. The third kappa shape index (κ3) is 53.5.